The summed E-state index contributed by atoms with van der Waals surface area (Å²) in [5, 5.41) is 8.63. The largest absolute Gasteiger partial charge is 0.451 e. The number of furan rings is 1. The molecule has 0 unspecified atom stereocenters. The van der Waals surface area contributed by atoms with Gasteiger partial charge in [-0.1, -0.05) is 48.5 Å². The van der Waals surface area contributed by atoms with Crippen molar-refractivity contribution in [3.05, 3.63) is 102 Å². The van der Waals surface area contributed by atoms with Crippen molar-refractivity contribution in [3.63, 3.8) is 0 Å². The van der Waals surface area contributed by atoms with Crippen LogP contribution in [0.2, 0.25) is 0 Å². The van der Waals surface area contributed by atoms with Gasteiger partial charge in [-0.15, -0.1) is 0 Å². The summed E-state index contributed by atoms with van der Waals surface area (Å²) in [5.41, 5.74) is 1.75. The molecule has 11 heteroatoms. The van der Waals surface area contributed by atoms with Gasteiger partial charge in [0.25, 0.3) is 11.8 Å². The second kappa shape index (κ2) is 14.0. The second-order valence-corrected chi connectivity index (χ2v) is 10.9. The maximum atomic E-state index is 14.2. The molecule has 4 aromatic rings. The van der Waals surface area contributed by atoms with Crippen molar-refractivity contribution < 1.29 is 32.8 Å². The SMILES string of the molecule is Cc1cc(F)ccc1N(C(=O)CNC(=O)c1cc2ccccc2o1)[C@@H](C[C@@H]1CCCNC1=O)C(=O)C(=O)NCc1ccccc1. The maximum absolute atomic E-state index is 14.2. The van der Waals surface area contributed by atoms with Crippen molar-refractivity contribution in [1.82, 2.24) is 16.0 Å². The van der Waals surface area contributed by atoms with Gasteiger partial charge in [0.15, 0.2) is 5.76 Å². The topological polar surface area (TPSA) is 138 Å². The van der Waals surface area contributed by atoms with Crippen LogP contribution in [0.3, 0.4) is 0 Å². The number of para-hydroxylation sites is 1. The summed E-state index contributed by atoms with van der Waals surface area (Å²) in [6.45, 7) is 1.55. The number of nitrogens with one attached hydrogen (secondary N) is 3. The van der Waals surface area contributed by atoms with Gasteiger partial charge in [-0.25, -0.2) is 4.39 Å². The van der Waals surface area contributed by atoms with Crippen molar-refractivity contribution in [2.45, 2.75) is 38.8 Å². The Morgan fingerprint density at radius 2 is 1.76 bits per heavy atom. The molecule has 0 saturated carbocycles. The molecule has 2 atom stereocenters. The third kappa shape index (κ3) is 7.43. The van der Waals surface area contributed by atoms with Crippen LogP contribution in [0, 0.1) is 18.7 Å². The van der Waals surface area contributed by atoms with E-state index in [9.17, 15) is 28.4 Å². The number of aryl methyl sites for hydroxylation is 1. The first-order valence-corrected chi connectivity index (χ1v) is 14.7. The lowest BCUT2D eigenvalue weighted by Gasteiger charge is -2.34. The van der Waals surface area contributed by atoms with E-state index in [1.807, 2.05) is 6.07 Å². The summed E-state index contributed by atoms with van der Waals surface area (Å²) in [6.07, 6.45) is 0.965. The van der Waals surface area contributed by atoms with Gasteiger partial charge in [0.2, 0.25) is 17.6 Å². The number of carbonyl (C=O) groups excluding carboxylic acids is 5. The van der Waals surface area contributed by atoms with Crippen LogP contribution in [0.1, 0.15) is 40.9 Å². The highest BCUT2D eigenvalue weighted by Gasteiger charge is 2.39. The molecule has 3 aromatic carbocycles. The summed E-state index contributed by atoms with van der Waals surface area (Å²) in [7, 11) is 0. The van der Waals surface area contributed by atoms with E-state index in [0.29, 0.717) is 35.9 Å². The van der Waals surface area contributed by atoms with Crippen molar-refractivity contribution in [2.75, 3.05) is 18.0 Å². The number of hydrogen-bond acceptors (Lipinski definition) is 6. The molecule has 45 heavy (non-hydrogen) atoms. The Hall–Kier alpha value is -5.32. The van der Waals surface area contributed by atoms with Crippen molar-refractivity contribution >= 4 is 46.1 Å². The number of benzene rings is 3. The van der Waals surface area contributed by atoms with E-state index in [0.717, 1.165) is 16.5 Å². The number of rotatable bonds is 11. The first kappa shape index (κ1) is 31.1. The van der Waals surface area contributed by atoms with Gasteiger partial charge in [-0.2, -0.15) is 0 Å². The van der Waals surface area contributed by atoms with Gasteiger partial charge in [0.05, 0.1) is 6.54 Å². The summed E-state index contributed by atoms with van der Waals surface area (Å²) in [4.78, 5) is 68.0. The first-order chi connectivity index (χ1) is 21.7. The zero-order valence-electron chi connectivity index (χ0n) is 24.7. The molecule has 0 bridgehead atoms. The normalized spacial score (nSPS) is 15.2. The van der Waals surface area contributed by atoms with E-state index in [2.05, 4.69) is 16.0 Å². The summed E-state index contributed by atoms with van der Waals surface area (Å²) >= 11 is 0. The Balaban J connectivity index is 1.44. The van der Waals surface area contributed by atoms with Gasteiger partial charge in [-0.05, 0) is 67.6 Å². The number of amides is 4. The Morgan fingerprint density at radius 3 is 2.49 bits per heavy atom. The number of piperidine rings is 1. The molecule has 1 aliphatic rings. The van der Waals surface area contributed by atoms with Gasteiger partial charge in [0.1, 0.15) is 17.4 Å². The molecule has 1 saturated heterocycles. The van der Waals surface area contributed by atoms with Gasteiger partial charge < -0.3 is 20.4 Å². The number of anilines is 1. The molecule has 10 nitrogen and oxygen atoms in total. The number of ketones is 1. The molecule has 5 rings (SSSR count). The van der Waals surface area contributed by atoms with Crippen molar-refractivity contribution in [1.29, 1.82) is 0 Å². The van der Waals surface area contributed by atoms with Crippen LogP contribution in [0.4, 0.5) is 10.1 Å². The van der Waals surface area contributed by atoms with Crippen LogP contribution in [-0.2, 0) is 25.7 Å². The molecule has 1 aromatic heterocycles. The fourth-order valence-electron chi connectivity index (χ4n) is 5.46. The number of carbonyl (C=O) groups is 5. The van der Waals surface area contributed by atoms with E-state index in [1.165, 1.54) is 12.1 Å². The number of halogens is 1. The van der Waals surface area contributed by atoms with E-state index in [1.54, 1.807) is 61.5 Å². The predicted octanol–water partition coefficient (Wildman–Crippen LogP) is 3.81. The quantitative estimate of drug-likeness (QED) is 0.220. The minimum absolute atomic E-state index is 0.0136. The predicted molar refractivity (Wildman–Crippen MR) is 165 cm³/mol. The molecular formula is C34H33FN4O6. The molecular weight excluding hydrogens is 579 g/mol. The molecule has 1 aliphatic heterocycles. The summed E-state index contributed by atoms with van der Waals surface area (Å²) in [5.74, 6) is -4.79. The van der Waals surface area contributed by atoms with Gasteiger partial charge in [-0.3, -0.25) is 28.9 Å². The van der Waals surface area contributed by atoms with Crippen LogP contribution in [0.5, 0.6) is 0 Å². The lowest BCUT2D eigenvalue weighted by atomic mass is 9.88. The smallest absolute Gasteiger partial charge is 0.289 e. The Morgan fingerprint density at radius 1 is 1.00 bits per heavy atom. The van der Waals surface area contributed by atoms with Crippen LogP contribution in [-0.4, -0.2) is 48.5 Å². The Labute approximate surface area is 259 Å². The molecule has 0 spiro atoms. The third-order valence-corrected chi connectivity index (χ3v) is 7.78. The lowest BCUT2D eigenvalue weighted by Crippen LogP contribution is -2.54. The van der Waals surface area contributed by atoms with E-state index in [4.69, 9.17) is 4.42 Å². The summed E-state index contributed by atoms with van der Waals surface area (Å²) in [6, 6.07) is 19.8. The zero-order valence-corrected chi connectivity index (χ0v) is 24.7. The van der Waals surface area contributed by atoms with E-state index < -0.39 is 47.8 Å². The fourth-order valence-corrected chi connectivity index (χ4v) is 5.46. The van der Waals surface area contributed by atoms with Crippen molar-refractivity contribution in [3.8, 4) is 0 Å². The lowest BCUT2D eigenvalue weighted by molar-refractivity contribution is -0.140. The molecule has 0 aliphatic carbocycles. The van der Waals surface area contributed by atoms with Gasteiger partial charge in [0, 0.05) is 30.1 Å². The monoisotopic (exact) mass is 612 g/mol. The highest BCUT2D eigenvalue weighted by molar-refractivity contribution is 6.39. The number of fused-ring (bicyclic) bond motifs is 1. The van der Waals surface area contributed by atoms with Gasteiger partial charge >= 0.3 is 0 Å². The molecule has 3 N–H and O–H groups in total. The standard InChI is InChI=1S/C34H33FN4O6/c1-21-16-25(35)13-14-26(21)39(30(40)20-38-33(43)29-18-23-10-5-6-12-28(23)45-29)27(17-24-11-7-15-36-32(24)42)31(41)34(44)37-19-22-8-3-2-4-9-22/h2-6,8-10,12-14,16,18,24,27H,7,11,15,17,19-20H2,1H3,(H,36,42)(H,37,44)(H,38,43)/t24-,27-/m0/s1. The molecule has 1 fully saturated rings. The Kier molecular flexibility index (Phi) is 9.67. The van der Waals surface area contributed by atoms with Crippen LogP contribution in [0.15, 0.2) is 83.3 Å². The molecule has 232 valence electrons. The highest BCUT2D eigenvalue weighted by Crippen LogP contribution is 2.29. The molecule has 0 radical (unpaired) electrons. The fraction of sp³-hybridized carbons (Fsp3) is 0.265. The summed E-state index contributed by atoms with van der Waals surface area (Å²) < 4.78 is 19.8. The van der Waals surface area contributed by atoms with Crippen LogP contribution in [0.25, 0.3) is 11.0 Å². The number of hydrogen-bond donors (Lipinski definition) is 3. The average Bonchev–Trinajstić information content (AvgIpc) is 3.49. The van der Waals surface area contributed by atoms with Crippen LogP contribution >= 0.6 is 0 Å². The van der Waals surface area contributed by atoms with Crippen LogP contribution < -0.4 is 20.9 Å². The second-order valence-electron chi connectivity index (χ2n) is 10.9. The molecule has 2 heterocycles. The zero-order chi connectivity index (χ0) is 31.9. The highest BCUT2D eigenvalue weighted by atomic mass is 19.1. The first-order valence-electron chi connectivity index (χ1n) is 14.7. The third-order valence-electron chi connectivity index (χ3n) is 7.78. The number of nitrogens with zero attached hydrogens (tertiary/aromatic N) is 1. The number of Topliss-reactive ketones (excluding diaryl/α,β-unsaturated/α-hetero) is 1. The molecule has 4 amide bonds. The Bertz CT molecular complexity index is 1700. The van der Waals surface area contributed by atoms with E-state index in [-0.39, 0.29) is 30.3 Å². The van der Waals surface area contributed by atoms with Crippen molar-refractivity contribution in [2.24, 2.45) is 5.92 Å². The minimum atomic E-state index is -1.42. The van der Waals surface area contributed by atoms with E-state index >= 15 is 0 Å². The maximum Gasteiger partial charge on any atom is 0.289 e. The average molecular weight is 613 g/mol. The minimum Gasteiger partial charge on any atom is -0.451 e.